The molecule has 0 aliphatic heterocycles. The molecule has 0 saturated heterocycles. The summed E-state index contributed by atoms with van der Waals surface area (Å²) in [6.45, 7) is 6.57. The van der Waals surface area contributed by atoms with Crippen LogP contribution in [0, 0.1) is 0 Å². The first-order chi connectivity index (χ1) is 7.65. The Kier molecular flexibility index (Phi) is 4.45. The molecule has 0 bridgehead atoms. The summed E-state index contributed by atoms with van der Waals surface area (Å²) >= 11 is 0. The smallest absolute Gasteiger partial charge is 0.279 e. The van der Waals surface area contributed by atoms with Crippen molar-refractivity contribution >= 4 is 5.91 Å². The fourth-order valence-corrected chi connectivity index (χ4v) is 1.37. The van der Waals surface area contributed by atoms with E-state index in [-0.39, 0.29) is 6.04 Å². The molecule has 0 fully saturated rings. The minimum atomic E-state index is -0.981. The highest BCUT2D eigenvalue weighted by Gasteiger charge is 2.14. The molecule has 0 aliphatic carbocycles. The van der Waals surface area contributed by atoms with E-state index in [4.69, 9.17) is 0 Å². The third-order valence-electron chi connectivity index (χ3n) is 2.16. The van der Waals surface area contributed by atoms with Gasteiger partial charge in [0, 0.05) is 0 Å². The lowest BCUT2D eigenvalue weighted by atomic mass is 10.0. The minimum Gasteiger partial charge on any atom is -0.343 e. The SMILES string of the molecule is C=CCC(NC(=O)C(=C)F)c1ccccc1. The molecule has 0 aromatic heterocycles. The molecule has 0 aliphatic rings. The monoisotopic (exact) mass is 219 g/mol. The van der Waals surface area contributed by atoms with Crippen molar-refractivity contribution < 1.29 is 9.18 Å². The summed E-state index contributed by atoms with van der Waals surface area (Å²) in [4.78, 5) is 11.2. The van der Waals surface area contributed by atoms with Crippen LogP contribution in [-0.4, -0.2) is 5.91 Å². The molecule has 3 heteroatoms. The normalized spacial score (nSPS) is 11.6. The third kappa shape index (κ3) is 3.35. The number of carbonyl (C=O) groups excluding carboxylic acids is 1. The Labute approximate surface area is 94.5 Å². The molecule has 1 aromatic carbocycles. The fraction of sp³-hybridized carbons (Fsp3) is 0.154. The van der Waals surface area contributed by atoms with Crippen LogP contribution in [0.15, 0.2) is 55.4 Å². The number of hydrogen-bond acceptors (Lipinski definition) is 1. The van der Waals surface area contributed by atoms with Crippen molar-refractivity contribution in [3.63, 3.8) is 0 Å². The van der Waals surface area contributed by atoms with Crippen molar-refractivity contribution in [1.29, 1.82) is 0 Å². The highest BCUT2D eigenvalue weighted by Crippen LogP contribution is 2.17. The van der Waals surface area contributed by atoms with Gasteiger partial charge in [-0.3, -0.25) is 4.79 Å². The quantitative estimate of drug-likeness (QED) is 0.598. The van der Waals surface area contributed by atoms with Gasteiger partial charge in [-0.25, -0.2) is 4.39 Å². The maximum absolute atomic E-state index is 12.6. The van der Waals surface area contributed by atoms with E-state index in [1.54, 1.807) is 6.08 Å². The van der Waals surface area contributed by atoms with E-state index in [1.807, 2.05) is 30.3 Å². The lowest BCUT2D eigenvalue weighted by Gasteiger charge is -2.16. The van der Waals surface area contributed by atoms with Crippen molar-refractivity contribution in [2.24, 2.45) is 0 Å². The predicted octanol–water partition coefficient (Wildman–Crippen LogP) is 2.90. The Morgan fingerprint density at radius 3 is 2.56 bits per heavy atom. The van der Waals surface area contributed by atoms with E-state index in [1.165, 1.54) is 0 Å². The van der Waals surface area contributed by atoms with Crippen LogP contribution in [-0.2, 0) is 4.79 Å². The molecule has 0 heterocycles. The lowest BCUT2D eigenvalue weighted by molar-refractivity contribution is -0.119. The van der Waals surface area contributed by atoms with Crippen LogP contribution in [0.4, 0.5) is 4.39 Å². The van der Waals surface area contributed by atoms with Crippen molar-refractivity contribution in [3.05, 3.63) is 61.0 Å². The average molecular weight is 219 g/mol. The maximum Gasteiger partial charge on any atom is 0.279 e. The van der Waals surface area contributed by atoms with Gasteiger partial charge in [-0.15, -0.1) is 6.58 Å². The average Bonchev–Trinajstić information content (AvgIpc) is 2.29. The van der Waals surface area contributed by atoms with E-state index < -0.39 is 11.7 Å². The zero-order chi connectivity index (χ0) is 12.0. The van der Waals surface area contributed by atoms with E-state index in [9.17, 15) is 9.18 Å². The van der Waals surface area contributed by atoms with Crippen LogP contribution in [0.5, 0.6) is 0 Å². The molecule has 0 saturated carbocycles. The Bertz CT molecular complexity index is 386. The van der Waals surface area contributed by atoms with E-state index in [0.717, 1.165) is 5.56 Å². The van der Waals surface area contributed by atoms with Gasteiger partial charge >= 0.3 is 0 Å². The van der Waals surface area contributed by atoms with Gasteiger partial charge in [0.1, 0.15) is 0 Å². The Balaban J connectivity index is 2.79. The minimum absolute atomic E-state index is 0.265. The molecule has 2 nitrogen and oxygen atoms in total. The first-order valence-corrected chi connectivity index (χ1v) is 4.96. The van der Waals surface area contributed by atoms with E-state index in [2.05, 4.69) is 18.5 Å². The van der Waals surface area contributed by atoms with Crippen LogP contribution in [0.25, 0.3) is 0 Å². The standard InChI is InChI=1S/C13H14FNO/c1-3-7-12(15-13(16)10(2)14)11-8-5-4-6-9-11/h3-6,8-9,12H,1-2,7H2,(H,15,16). The number of benzene rings is 1. The van der Waals surface area contributed by atoms with Crippen molar-refractivity contribution in [2.45, 2.75) is 12.5 Å². The summed E-state index contributed by atoms with van der Waals surface area (Å²) in [5.41, 5.74) is 0.914. The lowest BCUT2D eigenvalue weighted by Crippen LogP contribution is -2.28. The fourth-order valence-electron chi connectivity index (χ4n) is 1.37. The molecule has 0 spiro atoms. The molecule has 1 rings (SSSR count). The molecule has 1 atom stereocenters. The second-order valence-corrected chi connectivity index (χ2v) is 3.37. The largest absolute Gasteiger partial charge is 0.343 e. The molecule has 1 aromatic rings. The molecule has 1 N–H and O–H groups in total. The maximum atomic E-state index is 12.6. The predicted molar refractivity (Wildman–Crippen MR) is 62.4 cm³/mol. The third-order valence-corrected chi connectivity index (χ3v) is 2.16. The molecule has 84 valence electrons. The van der Waals surface area contributed by atoms with Crippen LogP contribution < -0.4 is 5.32 Å². The van der Waals surface area contributed by atoms with Gasteiger partial charge in [0.15, 0.2) is 5.83 Å². The number of halogens is 1. The highest BCUT2D eigenvalue weighted by molar-refractivity contribution is 5.90. The second kappa shape index (κ2) is 5.85. The first kappa shape index (κ1) is 12.2. The van der Waals surface area contributed by atoms with Crippen LogP contribution >= 0.6 is 0 Å². The highest BCUT2D eigenvalue weighted by atomic mass is 19.1. The number of nitrogens with one attached hydrogen (secondary N) is 1. The van der Waals surface area contributed by atoms with Gasteiger partial charge < -0.3 is 5.32 Å². The summed E-state index contributed by atoms with van der Waals surface area (Å²) in [6.07, 6.45) is 2.22. The summed E-state index contributed by atoms with van der Waals surface area (Å²) in [5.74, 6) is -1.76. The van der Waals surface area contributed by atoms with Crippen LogP contribution in [0.2, 0.25) is 0 Å². The topological polar surface area (TPSA) is 29.1 Å². The molecule has 1 amide bonds. The summed E-state index contributed by atoms with van der Waals surface area (Å²) in [6, 6.07) is 9.08. The van der Waals surface area contributed by atoms with E-state index in [0.29, 0.717) is 6.42 Å². The zero-order valence-corrected chi connectivity index (χ0v) is 8.95. The molecular weight excluding hydrogens is 205 g/mol. The Morgan fingerprint density at radius 1 is 1.44 bits per heavy atom. The number of amides is 1. The van der Waals surface area contributed by atoms with Gasteiger partial charge in [0.25, 0.3) is 5.91 Å². The summed E-state index contributed by atoms with van der Waals surface area (Å²) in [7, 11) is 0. The van der Waals surface area contributed by atoms with Crippen LogP contribution in [0.1, 0.15) is 18.0 Å². The molecule has 16 heavy (non-hydrogen) atoms. The van der Waals surface area contributed by atoms with Gasteiger partial charge in [-0.05, 0) is 12.0 Å². The van der Waals surface area contributed by atoms with Gasteiger partial charge in [-0.2, -0.15) is 0 Å². The van der Waals surface area contributed by atoms with Gasteiger partial charge in [0.05, 0.1) is 6.04 Å². The van der Waals surface area contributed by atoms with Crippen molar-refractivity contribution in [1.82, 2.24) is 5.32 Å². The van der Waals surface area contributed by atoms with Gasteiger partial charge in [0.2, 0.25) is 0 Å². The second-order valence-electron chi connectivity index (χ2n) is 3.37. The Hall–Kier alpha value is -1.90. The summed E-state index contributed by atoms with van der Waals surface area (Å²) < 4.78 is 12.6. The summed E-state index contributed by atoms with van der Waals surface area (Å²) in [5, 5.41) is 2.55. The van der Waals surface area contributed by atoms with Crippen LogP contribution in [0.3, 0.4) is 0 Å². The molecule has 1 unspecified atom stereocenters. The molecule has 0 radical (unpaired) electrons. The number of rotatable bonds is 5. The van der Waals surface area contributed by atoms with Gasteiger partial charge in [-0.1, -0.05) is 43.0 Å². The zero-order valence-electron chi connectivity index (χ0n) is 8.95. The number of carbonyl (C=O) groups is 1. The Morgan fingerprint density at radius 2 is 2.06 bits per heavy atom. The van der Waals surface area contributed by atoms with E-state index >= 15 is 0 Å². The first-order valence-electron chi connectivity index (χ1n) is 4.96. The van der Waals surface area contributed by atoms with Crippen molar-refractivity contribution in [3.8, 4) is 0 Å². The molecular formula is C13H14FNO. The number of hydrogen-bond donors (Lipinski definition) is 1. The van der Waals surface area contributed by atoms with Crippen molar-refractivity contribution in [2.75, 3.05) is 0 Å².